The minimum atomic E-state index is -2.79. The van der Waals surface area contributed by atoms with Crippen molar-refractivity contribution < 1.29 is 8.42 Å². The summed E-state index contributed by atoms with van der Waals surface area (Å²) < 4.78 is 23.0. The van der Waals surface area contributed by atoms with Gasteiger partial charge in [-0.15, -0.1) is 0 Å². The van der Waals surface area contributed by atoms with Crippen LogP contribution in [-0.2, 0) is 9.84 Å². The van der Waals surface area contributed by atoms with Crippen LogP contribution >= 0.6 is 0 Å². The van der Waals surface area contributed by atoms with Crippen molar-refractivity contribution in [2.24, 2.45) is 17.3 Å². The highest BCUT2D eigenvalue weighted by Gasteiger charge is 2.47. The third kappa shape index (κ3) is 2.29. The van der Waals surface area contributed by atoms with E-state index in [-0.39, 0.29) is 5.25 Å². The van der Waals surface area contributed by atoms with Gasteiger partial charge >= 0.3 is 0 Å². The first-order valence-electron chi connectivity index (χ1n) is 6.51. The Hall–Kier alpha value is -0.0500. The molecule has 2 fully saturated rings. The molecule has 0 aliphatic heterocycles. The Morgan fingerprint density at radius 2 is 1.62 bits per heavy atom. The van der Waals surface area contributed by atoms with Gasteiger partial charge in [0.15, 0.2) is 0 Å². The minimum absolute atomic E-state index is 0.0452. The zero-order valence-corrected chi connectivity index (χ0v) is 11.5. The number of hydrogen-bond donors (Lipinski definition) is 0. The molecule has 0 N–H and O–H groups in total. The highest BCUT2D eigenvalue weighted by molar-refractivity contribution is 7.91. The predicted molar refractivity (Wildman–Crippen MR) is 67.1 cm³/mol. The third-order valence-corrected chi connectivity index (χ3v) is 6.61. The molecule has 2 aliphatic carbocycles. The molecule has 2 rings (SSSR count). The fourth-order valence-electron chi connectivity index (χ4n) is 3.56. The van der Waals surface area contributed by atoms with Crippen LogP contribution in [0.4, 0.5) is 0 Å². The first-order valence-corrected chi connectivity index (χ1v) is 8.47. The number of sulfone groups is 1. The summed E-state index contributed by atoms with van der Waals surface area (Å²) in [5, 5.41) is -0.0452. The largest absolute Gasteiger partial charge is 0.229 e. The normalized spacial score (nSPS) is 40.0. The van der Waals surface area contributed by atoms with Crippen LogP contribution in [0, 0.1) is 17.3 Å². The molecule has 94 valence electrons. The lowest BCUT2D eigenvalue weighted by Gasteiger charge is -2.53. The molecular formula is C13H24O2S. The summed E-state index contributed by atoms with van der Waals surface area (Å²) in [5.74, 6) is 1.70. The van der Waals surface area contributed by atoms with Crippen LogP contribution in [-0.4, -0.2) is 19.9 Å². The molecule has 0 atom stereocenters. The van der Waals surface area contributed by atoms with Gasteiger partial charge in [-0.3, -0.25) is 0 Å². The van der Waals surface area contributed by atoms with Crippen molar-refractivity contribution in [3.8, 4) is 0 Å². The Balaban J connectivity index is 1.88. The van der Waals surface area contributed by atoms with Gasteiger partial charge in [0.2, 0.25) is 0 Å². The lowest BCUT2D eigenvalue weighted by atomic mass is 9.53. The molecule has 2 aliphatic rings. The van der Waals surface area contributed by atoms with Gasteiger partial charge in [-0.05, 0) is 55.8 Å². The average Bonchev–Trinajstić information content (AvgIpc) is 2.12. The molecule has 3 heteroatoms. The highest BCUT2D eigenvalue weighted by atomic mass is 32.2. The molecule has 2 saturated carbocycles. The molecule has 0 aromatic rings. The van der Waals surface area contributed by atoms with Gasteiger partial charge in [0.1, 0.15) is 9.84 Å². The maximum absolute atomic E-state index is 11.5. The lowest BCUT2D eigenvalue weighted by Crippen LogP contribution is -2.44. The Morgan fingerprint density at radius 1 is 1.12 bits per heavy atom. The van der Waals surface area contributed by atoms with Crippen molar-refractivity contribution in [1.82, 2.24) is 0 Å². The first kappa shape index (κ1) is 12.4. The molecule has 0 bridgehead atoms. The van der Waals surface area contributed by atoms with Crippen molar-refractivity contribution in [3.63, 3.8) is 0 Å². The average molecular weight is 244 g/mol. The molecule has 0 aromatic carbocycles. The third-order valence-electron chi connectivity index (χ3n) is 4.93. The van der Waals surface area contributed by atoms with Crippen molar-refractivity contribution in [2.45, 2.75) is 57.6 Å². The van der Waals surface area contributed by atoms with E-state index in [1.54, 1.807) is 0 Å². The topological polar surface area (TPSA) is 34.1 Å². The Bertz CT molecular complexity index is 340. The number of rotatable bonds is 2. The maximum atomic E-state index is 11.5. The van der Waals surface area contributed by atoms with E-state index in [2.05, 4.69) is 13.8 Å². The molecular weight excluding hydrogens is 220 g/mol. The van der Waals surface area contributed by atoms with E-state index in [4.69, 9.17) is 0 Å². The molecule has 0 saturated heterocycles. The molecule has 16 heavy (non-hydrogen) atoms. The second kappa shape index (κ2) is 4.01. The highest BCUT2D eigenvalue weighted by Crippen LogP contribution is 2.57. The van der Waals surface area contributed by atoms with Crippen LogP contribution < -0.4 is 0 Å². The van der Waals surface area contributed by atoms with E-state index in [1.165, 1.54) is 19.1 Å². The van der Waals surface area contributed by atoms with Gasteiger partial charge in [-0.1, -0.05) is 13.8 Å². The smallest absolute Gasteiger partial charge is 0.150 e. The van der Waals surface area contributed by atoms with Crippen LogP contribution in [0.2, 0.25) is 0 Å². The van der Waals surface area contributed by atoms with E-state index in [9.17, 15) is 8.42 Å². The summed E-state index contributed by atoms with van der Waals surface area (Å²) >= 11 is 0. The maximum Gasteiger partial charge on any atom is 0.150 e. The van der Waals surface area contributed by atoms with E-state index in [0.717, 1.165) is 37.5 Å². The van der Waals surface area contributed by atoms with E-state index in [0.29, 0.717) is 5.41 Å². The summed E-state index contributed by atoms with van der Waals surface area (Å²) in [5.41, 5.74) is 0.538. The molecule has 0 amide bonds. The van der Waals surface area contributed by atoms with E-state index < -0.39 is 9.84 Å². The van der Waals surface area contributed by atoms with Gasteiger partial charge in [-0.2, -0.15) is 0 Å². The van der Waals surface area contributed by atoms with Gasteiger partial charge in [-0.25, -0.2) is 8.42 Å². The van der Waals surface area contributed by atoms with Crippen LogP contribution in [0.3, 0.4) is 0 Å². The van der Waals surface area contributed by atoms with Gasteiger partial charge in [0, 0.05) is 6.26 Å². The Morgan fingerprint density at radius 3 is 2.00 bits per heavy atom. The lowest BCUT2D eigenvalue weighted by molar-refractivity contribution is -0.00703. The summed E-state index contributed by atoms with van der Waals surface area (Å²) in [4.78, 5) is 0. The molecule has 1 spiro atoms. The van der Waals surface area contributed by atoms with Crippen molar-refractivity contribution in [2.75, 3.05) is 6.26 Å². The summed E-state index contributed by atoms with van der Waals surface area (Å²) in [6, 6.07) is 0. The zero-order chi connectivity index (χ0) is 12.0. The summed E-state index contributed by atoms with van der Waals surface area (Å²) in [7, 11) is -2.79. The van der Waals surface area contributed by atoms with Gasteiger partial charge < -0.3 is 0 Å². The van der Waals surface area contributed by atoms with E-state index >= 15 is 0 Å². The summed E-state index contributed by atoms with van der Waals surface area (Å²) in [6.45, 7) is 4.61. The Labute approximate surface area is 99.7 Å². The SMILES string of the molecule is CC(C)C1CC2(CCC(S(C)(=O)=O)CC2)C1. The second-order valence-electron chi connectivity index (χ2n) is 6.44. The molecule has 0 aromatic heterocycles. The van der Waals surface area contributed by atoms with Crippen molar-refractivity contribution >= 4 is 9.84 Å². The monoisotopic (exact) mass is 244 g/mol. The van der Waals surface area contributed by atoms with Crippen LogP contribution in [0.5, 0.6) is 0 Å². The number of hydrogen-bond acceptors (Lipinski definition) is 2. The molecule has 0 radical (unpaired) electrons. The Kier molecular flexibility index (Phi) is 3.11. The minimum Gasteiger partial charge on any atom is -0.229 e. The van der Waals surface area contributed by atoms with Crippen LogP contribution in [0.25, 0.3) is 0 Å². The first-order chi connectivity index (χ1) is 7.32. The van der Waals surface area contributed by atoms with Crippen LogP contribution in [0.15, 0.2) is 0 Å². The quantitative estimate of drug-likeness (QED) is 0.748. The fourth-order valence-corrected chi connectivity index (χ4v) is 4.66. The molecule has 0 unspecified atom stereocenters. The van der Waals surface area contributed by atoms with Crippen LogP contribution in [0.1, 0.15) is 52.4 Å². The van der Waals surface area contributed by atoms with Crippen molar-refractivity contribution in [1.29, 1.82) is 0 Å². The second-order valence-corrected chi connectivity index (χ2v) is 8.77. The zero-order valence-electron chi connectivity index (χ0n) is 10.7. The van der Waals surface area contributed by atoms with Gasteiger partial charge in [0.25, 0.3) is 0 Å². The fraction of sp³-hybridized carbons (Fsp3) is 1.00. The standard InChI is InChI=1S/C13H24O2S/c1-10(2)11-8-13(9-11)6-4-12(5-7-13)16(3,14)15/h10-12H,4-9H2,1-3H3. The molecule has 2 nitrogen and oxygen atoms in total. The predicted octanol–water partition coefficient (Wildman–Crippen LogP) is 3.03. The van der Waals surface area contributed by atoms with E-state index in [1.807, 2.05) is 0 Å². The molecule has 0 heterocycles. The van der Waals surface area contributed by atoms with Crippen molar-refractivity contribution in [3.05, 3.63) is 0 Å². The summed E-state index contributed by atoms with van der Waals surface area (Å²) in [6.07, 6.45) is 8.20. The van der Waals surface area contributed by atoms with Gasteiger partial charge in [0.05, 0.1) is 5.25 Å².